The second-order valence-electron chi connectivity index (χ2n) is 3.98. The molecule has 0 aliphatic carbocycles. The van der Waals surface area contributed by atoms with E-state index in [0.29, 0.717) is 0 Å². The van der Waals surface area contributed by atoms with Crippen molar-refractivity contribution >= 4 is 0 Å². The van der Waals surface area contributed by atoms with Crippen molar-refractivity contribution in [2.45, 2.75) is 25.9 Å². The minimum atomic E-state index is -0.438. The summed E-state index contributed by atoms with van der Waals surface area (Å²) in [5, 5.41) is 9.00. The number of aliphatic hydroxyl groups excluding tert-OH is 1. The van der Waals surface area contributed by atoms with Crippen molar-refractivity contribution < 1.29 is 9.84 Å². The van der Waals surface area contributed by atoms with Gasteiger partial charge in [-0.05, 0) is 36.6 Å². The van der Waals surface area contributed by atoms with Gasteiger partial charge in [-0.15, -0.1) is 0 Å². The number of ether oxygens (including phenoxy) is 1. The van der Waals surface area contributed by atoms with Gasteiger partial charge in [0, 0.05) is 12.1 Å². The van der Waals surface area contributed by atoms with Gasteiger partial charge in [-0.1, -0.05) is 6.07 Å². The quantitative estimate of drug-likeness (QED) is 0.700. The lowest BCUT2D eigenvalue weighted by Crippen LogP contribution is -2.37. The van der Waals surface area contributed by atoms with Crippen LogP contribution in [0.3, 0.4) is 0 Å². The molecule has 0 fully saturated rings. The molecule has 0 saturated heterocycles. The van der Waals surface area contributed by atoms with Gasteiger partial charge in [0.15, 0.2) is 0 Å². The average molecular weight is 224 g/mol. The zero-order valence-corrected chi connectivity index (χ0v) is 10.0. The molecule has 1 aromatic rings. The summed E-state index contributed by atoms with van der Waals surface area (Å²) in [6, 6.07) is 2.99. The molecule has 1 aromatic carbocycles. The molecule has 0 bridgehead atoms. The molecule has 4 nitrogen and oxygen atoms in total. The Hall–Kier alpha value is -1.10. The molecule has 2 atom stereocenters. The third kappa shape index (κ3) is 2.35. The Labute approximate surface area is 96.2 Å². The van der Waals surface area contributed by atoms with Crippen LogP contribution in [-0.4, -0.2) is 24.9 Å². The lowest BCUT2D eigenvalue weighted by Gasteiger charge is -2.22. The number of hydrogen-bond donors (Lipinski definition) is 3. The zero-order valence-electron chi connectivity index (χ0n) is 10.0. The fourth-order valence-corrected chi connectivity index (χ4v) is 1.74. The van der Waals surface area contributed by atoms with E-state index >= 15 is 0 Å². The van der Waals surface area contributed by atoms with Gasteiger partial charge < -0.3 is 21.3 Å². The lowest BCUT2D eigenvalue weighted by atomic mass is 9.93. The largest absolute Gasteiger partial charge is 0.496 e. The molecule has 0 aliphatic heterocycles. The van der Waals surface area contributed by atoms with Crippen molar-refractivity contribution in [3.05, 3.63) is 28.8 Å². The van der Waals surface area contributed by atoms with Crippen LogP contribution in [0.2, 0.25) is 0 Å². The van der Waals surface area contributed by atoms with Gasteiger partial charge in [0.2, 0.25) is 0 Å². The van der Waals surface area contributed by atoms with Crippen LogP contribution in [0.5, 0.6) is 5.75 Å². The van der Waals surface area contributed by atoms with Crippen molar-refractivity contribution in [3.63, 3.8) is 0 Å². The van der Waals surface area contributed by atoms with Gasteiger partial charge >= 0.3 is 0 Å². The Bertz CT molecular complexity index is 366. The predicted molar refractivity (Wildman–Crippen MR) is 64.5 cm³/mol. The summed E-state index contributed by atoms with van der Waals surface area (Å²) in [6.45, 7) is 3.84. The smallest absolute Gasteiger partial charge is 0.122 e. The summed E-state index contributed by atoms with van der Waals surface area (Å²) >= 11 is 0. The molecule has 5 N–H and O–H groups in total. The summed E-state index contributed by atoms with van der Waals surface area (Å²) in [4.78, 5) is 0. The Morgan fingerprint density at radius 2 is 1.88 bits per heavy atom. The highest BCUT2D eigenvalue weighted by atomic mass is 16.5. The highest BCUT2D eigenvalue weighted by Crippen LogP contribution is 2.27. The fourth-order valence-electron chi connectivity index (χ4n) is 1.74. The topological polar surface area (TPSA) is 81.5 Å². The molecule has 0 aromatic heterocycles. The van der Waals surface area contributed by atoms with E-state index < -0.39 is 6.04 Å². The monoisotopic (exact) mass is 224 g/mol. The van der Waals surface area contributed by atoms with Crippen LogP contribution in [-0.2, 0) is 0 Å². The molecule has 0 heterocycles. The number of rotatable bonds is 4. The van der Waals surface area contributed by atoms with Gasteiger partial charge in [-0.2, -0.15) is 0 Å². The standard InChI is InChI=1S/C12H20N2O2/c1-7-8(2)11(16-3)5-4-9(7)12(14)10(13)6-15/h4-5,10,12,15H,6,13-14H2,1-3H3. The van der Waals surface area contributed by atoms with Crippen LogP contribution >= 0.6 is 0 Å². The van der Waals surface area contributed by atoms with Gasteiger partial charge in [-0.25, -0.2) is 0 Å². The Balaban J connectivity index is 3.11. The van der Waals surface area contributed by atoms with Crippen LogP contribution in [0.4, 0.5) is 0 Å². The second kappa shape index (κ2) is 5.30. The van der Waals surface area contributed by atoms with Crippen LogP contribution in [0.15, 0.2) is 12.1 Å². The first-order valence-electron chi connectivity index (χ1n) is 5.29. The van der Waals surface area contributed by atoms with Crippen LogP contribution < -0.4 is 16.2 Å². The number of hydrogen-bond acceptors (Lipinski definition) is 4. The Morgan fingerprint density at radius 3 is 2.38 bits per heavy atom. The fraction of sp³-hybridized carbons (Fsp3) is 0.500. The SMILES string of the molecule is COc1ccc(C(N)C(N)CO)c(C)c1C. The maximum Gasteiger partial charge on any atom is 0.122 e. The molecule has 2 unspecified atom stereocenters. The first-order chi connectivity index (χ1) is 7.52. The van der Waals surface area contributed by atoms with Crippen molar-refractivity contribution in [3.8, 4) is 5.75 Å². The third-order valence-corrected chi connectivity index (χ3v) is 3.03. The van der Waals surface area contributed by atoms with Gasteiger partial charge in [0.05, 0.1) is 13.7 Å². The number of benzene rings is 1. The van der Waals surface area contributed by atoms with E-state index in [2.05, 4.69) is 0 Å². The average Bonchev–Trinajstić information content (AvgIpc) is 2.30. The summed E-state index contributed by atoms with van der Waals surface area (Å²) in [5.41, 5.74) is 14.8. The number of methoxy groups -OCH3 is 1. The maximum absolute atomic E-state index is 9.00. The van der Waals surface area contributed by atoms with Gasteiger partial charge in [0.1, 0.15) is 5.75 Å². The number of nitrogens with two attached hydrogens (primary N) is 2. The molecule has 90 valence electrons. The van der Waals surface area contributed by atoms with E-state index in [1.54, 1.807) is 7.11 Å². The van der Waals surface area contributed by atoms with E-state index in [0.717, 1.165) is 22.4 Å². The Morgan fingerprint density at radius 1 is 1.25 bits per heavy atom. The van der Waals surface area contributed by atoms with Crippen molar-refractivity contribution in [1.82, 2.24) is 0 Å². The molecular formula is C12H20N2O2. The van der Waals surface area contributed by atoms with Crippen LogP contribution in [0.1, 0.15) is 22.7 Å². The zero-order chi connectivity index (χ0) is 12.3. The summed E-state index contributed by atoms with van der Waals surface area (Å²) in [7, 11) is 1.64. The van der Waals surface area contributed by atoms with E-state index in [1.807, 2.05) is 26.0 Å². The van der Waals surface area contributed by atoms with E-state index in [9.17, 15) is 0 Å². The minimum Gasteiger partial charge on any atom is -0.496 e. The van der Waals surface area contributed by atoms with Crippen molar-refractivity contribution in [2.75, 3.05) is 13.7 Å². The van der Waals surface area contributed by atoms with E-state index in [1.165, 1.54) is 0 Å². The van der Waals surface area contributed by atoms with Crippen LogP contribution in [0.25, 0.3) is 0 Å². The highest BCUT2D eigenvalue weighted by Gasteiger charge is 2.18. The summed E-state index contributed by atoms with van der Waals surface area (Å²) in [5.74, 6) is 0.839. The van der Waals surface area contributed by atoms with Crippen molar-refractivity contribution in [1.29, 1.82) is 0 Å². The molecule has 0 spiro atoms. The molecule has 4 heteroatoms. The Kier molecular flexibility index (Phi) is 4.29. The minimum absolute atomic E-state index is 0.119. The summed E-state index contributed by atoms with van der Waals surface area (Å²) in [6.07, 6.45) is 0. The lowest BCUT2D eigenvalue weighted by molar-refractivity contribution is 0.249. The van der Waals surface area contributed by atoms with Crippen molar-refractivity contribution in [2.24, 2.45) is 11.5 Å². The molecule has 0 radical (unpaired) electrons. The first kappa shape index (κ1) is 13.0. The second-order valence-corrected chi connectivity index (χ2v) is 3.98. The molecule has 0 saturated carbocycles. The molecule has 0 aliphatic rings. The van der Waals surface area contributed by atoms with Gasteiger partial charge in [0.25, 0.3) is 0 Å². The first-order valence-corrected chi connectivity index (χ1v) is 5.29. The molecular weight excluding hydrogens is 204 g/mol. The third-order valence-electron chi connectivity index (χ3n) is 3.03. The van der Waals surface area contributed by atoms with Gasteiger partial charge in [-0.3, -0.25) is 0 Å². The van der Waals surface area contributed by atoms with E-state index in [4.69, 9.17) is 21.3 Å². The maximum atomic E-state index is 9.00. The highest BCUT2D eigenvalue weighted by molar-refractivity contribution is 5.45. The summed E-state index contributed by atoms with van der Waals surface area (Å²) < 4.78 is 5.23. The van der Waals surface area contributed by atoms with Crippen LogP contribution in [0, 0.1) is 13.8 Å². The molecule has 1 rings (SSSR count). The predicted octanol–water partition coefficient (Wildman–Crippen LogP) is 0.631. The molecule has 16 heavy (non-hydrogen) atoms. The normalized spacial score (nSPS) is 14.6. The van der Waals surface area contributed by atoms with E-state index in [-0.39, 0.29) is 12.6 Å². The number of aliphatic hydroxyl groups is 1. The molecule has 0 amide bonds.